The Morgan fingerprint density at radius 2 is 2.35 bits per heavy atom. The zero-order valence-electron chi connectivity index (χ0n) is 8.78. The summed E-state index contributed by atoms with van der Waals surface area (Å²) < 4.78 is 0. The molecule has 0 saturated heterocycles. The van der Waals surface area contributed by atoms with Gasteiger partial charge in [-0.2, -0.15) is 10.2 Å². The lowest BCUT2D eigenvalue weighted by molar-refractivity contribution is 1.16. The first kappa shape index (κ1) is 13.2. The van der Waals surface area contributed by atoms with Crippen LogP contribution in [0.15, 0.2) is 22.6 Å². The Labute approximate surface area is 108 Å². The number of halogens is 2. The molecule has 0 spiro atoms. The molecule has 0 fully saturated rings. The average molecular weight is 271 g/mol. The Kier molecular flexibility index (Phi) is 4.69. The van der Waals surface area contributed by atoms with Gasteiger partial charge in [-0.05, 0) is 11.6 Å². The summed E-state index contributed by atoms with van der Waals surface area (Å²) >= 11 is 11.5. The molecule has 17 heavy (non-hydrogen) atoms. The third-order valence-corrected chi connectivity index (χ3v) is 2.10. The summed E-state index contributed by atoms with van der Waals surface area (Å²) in [6.07, 6.45) is 2.72. The quantitative estimate of drug-likeness (QED) is 0.494. The van der Waals surface area contributed by atoms with Crippen LogP contribution in [-0.4, -0.2) is 23.2 Å². The number of anilines is 1. The second kappa shape index (κ2) is 6.03. The van der Waals surface area contributed by atoms with Crippen LogP contribution in [-0.2, 0) is 0 Å². The smallest absolute Gasteiger partial charge is 0.224 e. The van der Waals surface area contributed by atoms with E-state index in [0.717, 1.165) is 0 Å². The predicted octanol–water partition coefficient (Wildman–Crippen LogP) is 1.59. The molecule has 0 aliphatic rings. The van der Waals surface area contributed by atoms with E-state index in [1.807, 2.05) is 0 Å². The molecule has 3 N–H and O–H groups in total. The summed E-state index contributed by atoms with van der Waals surface area (Å²) in [4.78, 5) is 11.3. The van der Waals surface area contributed by atoms with E-state index in [4.69, 9.17) is 34.2 Å². The van der Waals surface area contributed by atoms with Crippen molar-refractivity contribution in [2.24, 2.45) is 10.7 Å². The molecule has 0 saturated carbocycles. The van der Waals surface area contributed by atoms with Crippen LogP contribution >= 0.6 is 23.2 Å². The molecule has 0 radical (unpaired) electrons. The van der Waals surface area contributed by atoms with Crippen molar-refractivity contribution in [1.29, 1.82) is 5.26 Å². The summed E-state index contributed by atoms with van der Waals surface area (Å²) in [5.41, 5.74) is 5.73. The fraction of sp³-hybridized carbons (Fsp3) is 0.111. The number of nitrogens with two attached hydrogens (primary N) is 1. The molecule has 6 nitrogen and oxygen atoms in total. The second-order valence-electron chi connectivity index (χ2n) is 2.79. The molecule has 88 valence electrons. The Bertz CT molecular complexity index is 517. The zero-order valence-corrected chi connectivity index (χ0v) is 10.3. The van der Waals surface area contributed by atoms with Crippen LogP contribution < -0.4 is 11.1 Å². The monoisotopic (exact) mass is 270 g/mol. The molecule has 8 heteroatoms. The minimum absolute atomic E-state index is 0.0280. The molecule has 0 aliphatic carbocycles. The van der Waals surface area contributed by atoms with Crippen molar-refractivity contribution in [3.63, 3.8) is 0 Å². The van der Waals surface area contributed by atoms with E-state index in [0.29, 0.717) is 0 Å². The van der Waals surface area contributed by atoms with Crippen LogP contribution in [0.5, 0.6) is 0 Å². The average Bonchev–Trinajstić information content (AvgIpc) is 2.32. The maximum absolute atomic E-state index is 8.71. The normalized spacial score (nSPS) is 12.1. The second-order valence-corrected chi connectivity index (χ2v) is 3.53. The molecule has 0 atom stereocenters. The fourth-order valence-corrected chi connectivity index (χ4v) is 1.19. The van der Waals surface area contributed by atoms with Crippen LogP contribution in [0.4, 0.5) is 5.82 Å². The van der Waals surface area contributed by atoms with Gasteiger partial charge >= 0.3 is 0 Å². The van der Waals surface area contributed by atoms with E-state index in [2.05, 4.69) is 20.3 Å². The molecule has 0 bridgehead atoms. The van der Waals surface area contributed by atoms with Gasteiger partial charge < -0.3 is 11.1 Å². The maximum atomic E-state index is 8.71. The Balaban J connectivity index is 3.12. The summed E-state index contributed by atoms with van der Waals surface area (Å²) in [6, 6.07) is 1.79. The molecule has 1 rings (SSSR count). The number of aliphatic imine (C=N–C) groups is 1. The summed E-state index contributed by atoms with van der Waals surface area (Å²) in [7, 11) is 1.54. The van der Waals surface area contributed by atoms with Crippen LogP contribution in [0, 0.1) is 11.3 Å². The first-order valence-electron chi connectivity index (χ1n) is 4.35. The number of nitrogens with one attached hydrogen (secondary N) is 1. The van der Waals surface area contributed by atoms with E-state index >= 15 is 0 Å². The molecule has 0 amide bonds. The van der Waals surface area contributed by atoms with Gasteiger partial charge in [0.1, 0.15) is 16.8 Å². The summed E-state index contributed by atoms with van der Waals surface area (Å²) in [5, 5.41) is 11.7. The van der Waals surface area contributed by atoms with Gasteiger partial charge in [-0.25, -0.2) is 4.98 Å². The highest BCUT2D eigenvalue weighted by Gasteiger charge is 2.07. The number of hydrogen-bond acceptors (Lipinski definition) is 6. The van der Waals surface area contributed by atoms with Crippen LogP contribution in [0.3, 0.4) is 0 Å². The number of nitrogens with zero attached hydrogens (tertiary/aromatic N) is 4. The van der Waals surface area contributed by atoms with Crippen molar-refractivity contribution in [2.75, 3.05) is 12.4 Å². The number of aromatic nitrogens is 2. The lowest BCUT2D eigenvalue weighted by Crippen LogP contribution is -2.11. The minimum Gasteiger partial charge on any atom is -0.388 e. The highest BCUT2D eigenvalue weighted by atomic mass is 35.5. The summed E-state index contributed by atoms with van der Waals surface area (Å²) in [6.45, 7) is 0. The molecule has 0 aromatic carbocycles. The maximum Gasteiger partial charge on any atom is 0.224 e. The number of hydrogen-bond donors (Lipinski definition) is 2. The van der Waals surface area contributed by atoms with E-state index in [1.54, 1.807) is 13.1 Å². The van der Waals surface area contributed by atoms with Crippen molar-refractivity contribution >= 4 is 35.2 Å². The number of rotatable bonds is 3. The van der Waals surface area contributed by atoms with Gasteiger partial charge in [0.25, 0.3) is 0 Å². The molecular formula is C9H8Cl2N6. The van der Waals surface area contributed by atoms with E-state index < -0.39 is 0 Å². The van der Waals surface area contributed by atoms with Gasteiger partial charge in [0.15, 0.2) is 5.82 Å². The van der Waals surface area contributed by atoms with Crippen molar-refractivity contribution < 1.29 is 0 Å². The molecule has 1 heterocycles. The standard InChI is InChI=1S/C9H8Cl2N6/c1-14-4-7(6(13)2-12)16-8-5(10)3-15-9(11)17-8/h3-4H,13H2,1H3,(H,15,16,17). The van der Waals surface area contributed by atoms with Crippen LogP contribution in [0.25, 0.3) is 0 Å². The lowest BCUT2D eigenvalue weighted by Gasteiger charge is -2.07. The third kappa shape index (κ3) is 3.59. The predicted molar refractivity (Wildman–Crippen MR) is 66.9 cm³/mol. The Hall–Kier alpha value is -1.84. The SMILES string of the molecule is CN=CC(Nc1nc(Cl)ncc1Cl)=C(N)C#N. The Morgan fingerprint density at radius 3 is 2.94 bits per heavy atom. The highest BCUT2D eigenvalue weighted by Crippen LogP contribution is 2.20. The highest BCUT2D eigenvalue weighted by molar-refractivity contribution is 6.33. The van der Waals surface area contributed by atoms with Crippen LogP contribution in [0.2, 0.25) is 10.3 Å². The van der Waals surface area contributed by atoms with Gasteiger partial charge in [-0.3, -0.25) is 4.99 Å². The van der Waals surface area contributed by atoms with Gasteiger partial charge in [-0.1, -0.05) is 11.6 Å². The minimum atomic E-state index is -0.0404. The number of nitriles is 1. The van der Waals surface area contributed by atoms with Crippen molar-refractivity contribution in [2.45, 2.75) is 0 Å². The van der Waals surface area contributed by atoms with Gasteiger partial charge in [0.2, 0.25) is 5.28 Å². The first-order chi connectivity index (χ1) is 8.08. The Morgan fingerprint density at radius 1 is 1.65 bits per heavy atom. The van der Waals surface area contributed by atoms with E-state index in [1.165, 1.54) is 12.4 Å². The van der Waals surface area contributed by atoms with Crippen molar-refractivity contribution in [3.05, 3.63) is 27.9 Å². The van der Waals surface area contributed by atoms with E-state index in [9.17, 15) is 0 Å². The van der Waals surface area contributed by atoms with Gasteiger partial charge in [0.05, 0.1) is 11.9 Å². The largest absolute Gasteiger partial charge is 0.388 e. The molecule has 0 unspecified atom stereocenters. The van der Waals surface area contributed by atoms with E-state index in [-0.39, 0.29) is 27.5 Å². The van der Waals surface area contributed by atoms with Crippen molar-refractivity contribution in [3.8, 4) is 6.07 Å². The first-order valence-corrected chi connectivity index (χ1v) is 5.11. The fourth-order valence-electron chi connectivity index (χ4n) is 0.919. The molecular weight excluding hydrogens is 263 g/mol. The molecule has 1 aromatic rings. The zero-order chi connectivity index (χ0) is 12.8. The third-order valence-electron chi connectivity index (χ3n) is 1.64. The van der Waals surface area contributed by atoms with Crippen molar-refractivity contribution in [1.82, 2.24) is 9.97 Å². The molecule has 0 aliphatic heterocycles. The summed E-state index contributed by atoms with van der Waals surface area (Å²) in [5.74, 6) is 0.250. The lowest BCUT2D eigenvalue weighted by atomic mass is 10.3. The topological polar surface area (TPSA) is 100.0 Å². The van der Waals surface area contributed by atoms with Crippen LogP contribution in [0.1, 0.15) is 0 Å². The van der Waals surface area contributed by atoms with Gasteiger partial charge in [0, 0.05) is 13.3 Å². The molecule has 1 aromatic heterocycles. The van der Waals surface area contributed by atoms with Gasteiger partial charge in [-0.15, -0.1) is 0 Å². The number of allylic oxidation sites excluding steroid dienone is 2.